The fourth-order valence-electron chi connectivity index (χ4n) is 1.43. The third kappa shape index (κ3) is 2.85. The summed E-state index contributed by atoms with van der Waals surface area (Å²) in [6.45, 7) is 0.667. The Morgan fingerprint density at radius 1 is 1.41 bits per heavy atom. The monoisotopic (exact) mass is 295 g/mol. The fraction of sp³-hybridized carbons (Fsp3) is 0.0909. The Hall–Kier alpha value is -1.82. The van der Waals surface area contributed by atoms with Crippen molar-refractivity contribution in [1.29, 1.82) is 0 Å². The first-order chi connectivity index (χ1) is 8.16. The van der Waals surface area contributed by atoms with Gasteiger partial charge in [-0.3, -0.25) is 10.1 Å². The van der Waals surface area contributed by atoms with Crippen LogP contribution in [0.25, 0.3) is 0 Å². The Balaban J connectivity index is 2.09. The largest absolute Gasteiger partial charge is 0.380 e. The minimum absolute atomic E-state index is 0.0732. The molecule has 17 heavy (non-hydrogen) atoms. The van der Waals surface area contributed by atoms with E-state index >= 15 is 0 Å². The Morgan fingerprint density at radius 2 is 2.24 bits per heavy atom. The maximum atomic E-state index is 10.6. The summed E-state index contributed by atoms with van der Waals surface area (Å²) in [7, 11) is 0. The van der Waals surface area contributed by atoms with Gasteiger partial charge in [-0.2, -0.15) is 0 Å². The first kappa shape index (κ1) is 11.7. The van der Waals surface area contributed by atoms with Crippen LogP contribution in [0.2, 0.25) is 0 Å². The van der Waals surface area contributed by atoms with Gasteiger partial charge in [-0.25, -0.2) is 0 Å². The molecule has 0 bridgehead atoms. The number of halogens is 1. The molecule has 0 unspecified atom stereocenters. The molecule has 0 aliphatic rings. The molecule has 5 nitrogen and oxygen atoms in total. The summed E-state index contributed by atoms with van der Waals surface area (Å²) in [4.78, 5) is 13.1. The van der Waals surface area contributed by atoms with Crippen LogP contribution < -0.4 is 5.32 Å². The zero-order valence-corrected chi connectivity index (χ0v) is 10.4. The molecule has 1 aromatic heterocycles. The number of anilines is 1. The molecule has 88 valence electrons. The van der Waals surface area contributed by atoms with Crippen LogP contribution in [0.5, 0.6) is 0 Å². The Kier molecular flexibility index (Phi) is 3.43. The number of nitro groups is 1. The van der Waals surface area contributed by atoms with Crippen molar-refractivity contribution in [2.75, 3.05) is 5.32 Å². The number of nitrogens with one attached hydrogen (secondary N) is 2. The van der Waals surface area contributed by atoms with Crippen molar-refractivity contribution in [2.24, 2.45) is 0 Å². The molecular formula is C11H10BrN3O2. The van der Waals surface area contributed by atoms with Crippen LogP contribution in [0.1, 0.15) is 5.56 Å². The molecule has 6 heteroatoms. The molecule has 0 aliphatic carbocycles. The first-order valence-corrected chi connectivity index (χ1v) is 5.75. The average molecular weight is 296 g/mol. The Labute approximate surface area is 106 Å². The van der Waals surface area contributed by atoms with E-state index in [-0.39, 0.29) is 5.69 Å². The minimum atomic E-state index is -0.416. The second-order valence-electron chi connectivity index (χ2n) is 3.49. The van der Waals surface area contributed by atoms with Crippen molar-refractivity contribution in [3.63, 3.8) is 0 Å². The summed E-state index contributed by atoms with van der Waals surface area (Å²) in [6.07, 6.45) is 3.74. The predicted molar refractivity (Wildman–Crippen MR) is 68.9 cm³/mol. The van der Waals surface area contributed by atoms with E-state index in [1.165, 1.54) is 12.1 Å². The van der Waals surface area contributed by atoms with Crippen molar-refractivity contribution < 1.29 is 4.92 Å². The number of H-pyrrole nitrogens is 1. The van der Waals surface area contributed by atoms with Gasteiger partial charge in [0.2, 0.25) is 0 Å². The number of rotatable bonds is 4. The van der Waals surface area contributed by atoms with Gasteiger partial charge in [-0.1, -0.05) is 0 Å². The van der Waals surface area contributed by atoms with E-state index in [9.17, 15) is 10.1 Å². The van der Waals surface area contributed by atoms with Gasteiger partial charge in [0, 0.05) is 41.2 Å². The van der Waals surface area contributed by atoms with E-state index in [0.29, 0.717) is 11.0 Å². The summed E-state index contributed by atoms with van der Waals surface area (Å²) in [5.74, 6) is 0. The summed E-state index contributed by atoms with van der Waals surface area (Å²) >= 11 is 3.30. The number of hydrogen-bond acceptors (Lipinski definition) is 3. The van der Waals surface area contributed by atoms with Crippen LogP contribution in [-0.4, -0.2) is 9.91 Å². The molecule has 2 rings (SSSR count). The highest BCUT2D eigenvalue weighted by Crippen LogP contribution is 2.27. The number of nitrogens with zero attached hydrogens (tertiary/aromatic N) is 1. The van der Waals surface area contributed by atoms with Gasteiger partial charge < -0.3 is 10.3 Å². The molecule has 0 aliphatic heterocycles. The Morgan fingerprint density at radius 3 is 2.82 bits per heavy atom. The van der Waals surface area contributed by atoms with Crippen LogP contribution in [0, 0.1) is 10.1 Å². The zero-order valence-electron chi connectivity index (χ0n) is 8.81. The fourth-order valence-corrected chi connectivity index (χ4v) is 1.93. The highest BCUT2D eigenvalue weighted by molar-refractivity contribution is 9.10. The maximum absolute atomic E-state index is 10.6. The number of benzene rings is 1. The molecule has 1 heterocycles. The summed E-state index contributed by atoms with van der Waals surface area (Å²) < 4.78 is 0.683. The van der Waals surface area contributed by atoms with E-state index < -0.39 is 4.92 Å². The van der Waals surface area contributed by atoms with Crippen molar-refractivity contribution in [3.05, 3.63) is 56.8 Å². The van der Waals surface area contributed by atoms with Gasteiger partial charge in [0.15, 0.2) is 0 Å². The summed E-state index contributed by atoms with van der Waals surface area (Å²) in [5, 5.41) is 13.8. The number of aromatic nitrogens is 1. The highest BCUT2D eigenvalue weighted by Gasteiger charge is 2.08. The number of aromatic amines is 1. The average Bonchev–Trinajstić information content (AvgIpc) is 2.80. The molecule has 0 saturated heterocycles. The van der Waals surface area contributed by atoms with Gasteiger partial charge in [0.25, 0.3) is 5.69 Å². The van der Waals surface area contributed by atoms with Gasteiger partial charge in [-0.05, 0) is 33.6 Å². The number of nitro benzene ring substituents is 1. The Bertz CT molecular complexity index is 526. The van der Waals surface area contributed by atoms with Gasteiger partial charge in [-0.15, -0.1) is 0 Å². The second kappa shape index (κ2) is 5.01. The lowest BCUT2D eigenvalue weighted by Gasteiger charge is -2.07. The third-order valence-corrected chi connectivity index (χ3v) is 2.96. The molecule has 0 amide bonds. The minimum Gasteiger partial charge on any atom is -0.380 e. The van der Waals surface area contributed by atoms with E-state index in [1.807, 2.05) is 18.5 Å². The standard InChI is InChI=1S/C11H10BrN3O2/c12-10-5-9(15(16)17)1-2-11(10)14-7-8-3-4-13-6-8/h1-6,13-14H,7H2. The summed E-state index contributed by atoms with van der Waals surface area (Å²) in [6, 6.07) is 6.62. The maximum Gasteiger partial charge on any atom is 0.270 e. The lowest BCUT2D eigenvalue weighted by atomic mass is 10.2. The van der Waals surface area contributed by atoms with Crippen molar-refractivity contribution >= 4 is 27.3 Å². The molecule has 1 aromatic carbocycles. The molecule has 2 aromatic rings. The molecule has 0 spiro atoms. The van der Waals surface area contributed by atoms with Crippen LogP contribution in [0.15, 0.2) is 41.1 Å². The lowest BCUT2D eigenvalue weighted by Crippen LogP contribution is -1.99. The molecule has 0 fully saturated rings. The van der Waals surface area contributed by atoms with Crippen molar-refractivity contribution in [3.8, 4) is 0 Å². The van der Waals surface area contributed by atoms with E-state index in [1.54, 1.807) is 6.07 Å². The molecule has 0 atom stereocenters. The van der Waals surface area contributed by atoms with E-state index in [2.05, 4.69) is 26.2 Å². The topological polar surface area (TPSA) is 71.0 Å². The molecule has 0 saturated carbocycles. The highest BCUT2D eigenvalue weighted by atomic mass is 79.9. The number of hydrogen-bond donors (Lipinski definition) is 2. The zero-order chi connectivity index (χ0) is 12.3. The van der Waals surface area contributed by atoms with Crippen LogP contribution in [0.4, 0.5) is 11.4 Å². The first-order valence-electron chi connectivity index (χ1n) is 4.96. The van der Waals surface area contributed by atoms with Crippen LogP contribution in [-0.2, 0) is 6.54 Å². The number of non-ortho nitro benzene ring substituents is 1. The SMILES string of the molecule is O=[N+]([O-])c1ccc(NCc2cc[nH]c2)c(Br)c1. The van der Waals surface area contributed by atoms with Gasteiger partial charge in [0.1, 0.15) is 0 Å². The third-order valence-electron chi connectivity index (χ3n) is 2.31. The van der Waals surface area contributed by atoms with Crippen molar-refractivity contribution in [1.82, 2.24) is 4.98 Å². The summed E-state index contributed by atoms with van der Waals surface area (Å²) in [5.41, 5.74) is 2.02. The lowest BCUT2D eigenvalue weighted by molar-refractivity contribution is -0.384. The van der Waals surface area contributed by atoms with E-state index in [0.717, 1.165) is 11.3 Å². The van der Waals surface area contributed by atoms with Crippen LogP contribution in [0.3, 0.4) is 0 Å². The second-order valence-corrected chi connectivity index (χ2v) is 4.35. The molecular weight excluding hydrogens is 286 g/mol. The molecule has 0 radical (unpaired) electrons. The smallest absolute Gasteiger partial charge is 0.270 e. The van der Waals surface area contributed by atoms with Gasteiger partial charge >= 0.3 is 0 Å². The van der Waals surface area contributed by atoms with Crippen molar-refractivity contribution in [2.45, 2.75) is 6.54 Å². The predicted octanol–water partition coefficient (Wildman–Crippen LogP) is 3.30. The van der Waals surface area contributed by atoms with E-state index in [4.69, 9.17) is 0 Å². The van der Waals surface area contributed by atoms with Crippen LogP contribution >= 0.6 is 15.9 Å². The quantitative estimate of drug-likeness (QED) is 0.671. The molecule has 2 N–H and O–H groups in total. The normalized spacial score (nSPS) is 10.2. The van der Waals surface area contributed by atoms with Gasteiger partial charge in [0.05, 0.1) is 4.92 Å².